The van der Waals surface area contributed by atoms with E-state index in [0.717, 1.165) is 47.4 Å². The first-order chi connectivity index (χ1) is 12.8. The normalized spacial score (nSPS) is 17.0. The Hall–Kier alpha value is -3.12. The highest BCUT2D eigenvalue weighted by atomic mass is 16.3. The second kappa shape index (κ2) is 6.31. The Morgan fingerprint density at radius 1 is 1.12 bits per heavy atom. The van der Waals surface area contributed by atoms with Crippen LogP contribution in [0, 0.1) is 0 Å². The van der Waals surface area contributed by atoms with Crippen molar-refractivity contribution in [3.05, 3.63) is 61.1 Å². The molecule has 0 aliphatic carbocycles. The van der Waals surface area contributed by atoms with E-state index in [0.29, 0.717) is 11.9 Å². The quantitative estimate of drug-likeness (QED) is 0.586. The van der Waals surface area contributed by atoms with Gasteiger partial charge in [0.05, 0.1) is 12.2 Å². The maximum atomic E-state index is 5.78. The molecule has 3 aromatic heterocycles. The summed E-state index contributed by atoms with van der Waals surface area (Å²) in [4.78, 5) is 4.51. The first kappa shape index (κ1) is 15.2. The Morgan fingerprint density at radius 2 is 2.08 bits per heavy atom. The number of hydrogen-bond donors (Lipinski definition) is 2. The third-order valence-electron chi connectivity index (χ3n) is 4.78. The molecule has 4 aromatic rings. The largest absolute Gasteiger partial charge is 0.440 e. The summed E-state index contributed by atoms with van der Waals surface area (Å²) in [7, 11) is 0. The monoisotopic (exact) mass is 345 g/mol. The van der Waals surface area contributed by atoms with Gasteiger partial charge in [-0.1, -0.05) is 18.2 Å². The van der Waals surface area contributed by atoms with E-state index in [4.69, 9.17) is 4.42 Å². The minimum absolute atomic E-state index is 0.450. The number of aromatic nitrogens is 3. The Kier molecular flexibility index (Phi) is 3.68. The number of fused-ring (bicyclic) bond motifs is 1. The van der Waals surface area contributed by atoms with Crippen LogP contribution in [0.25, 0.3) is 22.1 Å². The number of benzene rings is 1. The molecule has 0 amide bonds. The van der Waals surface area contributed by atoms with Gasteiger partial charge in [-0.3, -0.25) is 4.68 Å². The van der Waals surface area contributed by atoms with Gasteiger partial charge in [0.1, 0.15) is 11.4 Å². The molecule has 26 heavy (non-hydrogen) atoms. The lowest BCUT2D eigenvalue weighted by atomic mass is 10.1. The molecule has 1 fully saturated rings. The van der Waals surface area contributed by atoms with Gasteiger partial charge < -0.3 is 15.1 Å². The van der Waals surface area contributed by atoms with Crippen molar-refractivity contribution in [1.29, 1.82) is 0 Å². The Labute approximate surface area is 150 Å². The summed E-state index contributed by atoms with van der Waals surface area (Å²) < 4.78 is 7.83. The molecule has 0 bridgehead atoms. The maximum Gasteiger partial charge on any atom is 0.199 e. The fourth-order valence-corrected chi connectivity index (χ4v) is 3.36. The lowest BCUT2D eigenvalue weighted by Crippen LogP contribution is -2.13. The van der Waals surface area contributed by atoms with Crippen LogP contribution in [0.2, 0.25) is 0 Å². The zero-order valence-electron chi connectivity index (χ0n) is 14.2. The van der Waals surface area contributed by atoms with Gasteiger partial charge in [0.2, 0.25) is 0 Å². The summed E-state index contributed by atoms with van der Waals surface area (Å²) in [6.45, 7) is 2.04. The number of rotatable bonds is 4. The van der Waals surface area contributed by atoms with Crippen LogP contribution in [0.4, 0.5) is 11.7 Å². The summed E-state index contributed by atoms with van der Waals surface area (Å²) in [5.41, 5.74) is 3.00. The van der Waals surface area contributed by atoms with E-state index in [9.17, 15) is 0 Å². The second-order valence-electron chi connectivity index (χ2n) is 6.56. The second-order valence-corrected chi connectivity index (χ2v) is 6.56. The molecule has 5 rings (SSSR count). The third kappa shape index (κ3) is 2.84. The average molecular weight is 345 g/mol. The summed E-state index contributed by atoms with van der Waals surface area (Å²) in [6.07, 6.45) is 6.99. The van der Waals surface area contributed by atoms with Crippen molar-refractivity contribution in [3.8, 4) is 11.1 Å². The third-order valence-corrected chi connectivity index (χ3v) is 4.78. The lowest BCUT2D eigenvalue weighted by molar-refractivity contribution is 0.491. The fourth-order valence-electron chi connectivity index (χ4n) is 3.36. The summed E-state index contributed by atoms with van der Waals surface area (Å²) in [5.74, 6) is 1.44. The molecule has 4 heterocycles. The van der Waals surface area contributed by atoms with Gasteiger partial charge in [-0.2, -0.15) is 5.10 Å². The topological polar surface area (TPSA) is 67.9 Å². The molecule has 0 saturated carbocycles. The van der Waals surface area contributed by atoms with Crippen molar-refractivity contribution in [2.75, 3.05) is 18.4 Å². The number of furan rings is 1. The minimum atomic E-state index is 0.450. The molecule has 1 saturated heterocycles. The molecule has 1 aliphatic rings. The van der Waals surface area contributed by atoms with Crippen LogP contribution >= 0.6 is 0 Å². The maximum absolute atomic E-state index is 5.78. The van der Waals surface area contributed by atoms with Gasteiger partial charge in [0.25, 0.3) is 0 Å². The van der Waals surface area contributed by atoms with E-state index in [1.165, 1.54) is 0 Å². The van der Waals surface area contributed by atoms with E-state index >= 15 is 0 Å². The molecule has 130 valence electrons. The molecule has 0 unspecified atom stereocenters. The number of anilines is 2. The van der Waals surface area contributed by atoms with Crippen molar-refractivity contribution < 1.29 is 4.42 Å². The first-order valence-electron chi connectivity index (χ1n) is 8.82. The molecule has 6 heteroatoms. The van der Waals surface area contributed by atoms with Crippen LogP contribution in [0.15, 0.2) is 65.5 Å². The van der Waals surface area contributed by atoms with Crippen LogP contribution in [0.3, 0.4) is 0 Å². The molecule has 0 spiro atoms. The van der Waals surface area contributed by atoms with Crippen LogP contribution < -0.4 is 10.6 Å². The predicted octanol–water partition coefficient (Wildman–Crippen LogP) is 3.97. The van der Waals surface area contributed by atoms with E-state index in [1.54, 1.807) is 0 Å². The summed E-state index contributed by atoms with van der Waals surface area (Å²) in [5, 5.41) is 12.2. The van der Waals surface area contributed by atoms with Gasteiger partial charge in [0.15, 0.2) is 5.88 Å². The molecular weight excluding hydrogens is 326 g/mol. The van der Waals surface area contributed by atoms with E-state index in [2.05, 4.69) is 31.6 Å². The molecule has 1 aliphatic heterocycles. The predicted molar refractivity (Wildman–Crippen MR) is 101 cm³/mol. The van der Waals surface area contributed by atoms with Crippen LogP contribution in [-0.2, 0) is 0 Å². The Morgan fingerprint density at radius 3 is 2.88 bits per heavy atom. The van der Waals surface area contributed by atoms with Crippen LogP contribution in [0.1, 0.15) is 12.5 Å². The van der Waals surface area contributed by atoms with Crippen molar-refractivity contribution in [1.82, 2.24) is 20.1 Å². The Bertz CT molecular complexity index is 995. The number of hydrogen-bond acceptors (Lipinski definition) is 5. The molecular formula is C20H19N5O. The molecule has 1 aromatic carbocycles. The van der Waals surface area contributed by atoms with Gasteiger partial charge in [-0.05, 0) is 31.2 Å². The zero-order valence-corrected chi connectivity index (χ0v) is 14.2. The number of nitrogens with one attached hydrogen (secondary N) is 2. The van der Waals surface area contributed by atoms with Crippen molar-refractivity contribution in [3.63, 3.8) is 0 Å². The highest BCUT2D eigenvalue weighted by molar-refractivity contribution is 5.81. The highest BCUT2D eigenvalue weighted by Gasteiger charge is 2.17. The van der Waals surface area contributed by atoms with Crippen molar-refractivity contribution >= 4 is 22.7 Å². The number of para-hydroxylation sites is 1. The van der Waals surface area contributed by atoms with Gasteiger partial charge in [-0.15, -0.1) is 0 Å². The highest BCUT2D eigenvalue weighted by Crippen LogP contribution is 2.26. The lowest BCUT2D eigenvalue weighted by Gasteiger charge is -2.07. The first-order valence-corrected chi connectivity index (χ1v) is 8.82. The number of pyridine rings is 1. The van der Waals surface area contributed by atoms with E-state index in [1.807, 2.05) is 54.9 Å². The molecule has 6 nitrogen and oxygen atoms in total. The van der Waals surface area contributed by atoms with Gasteiger partial charge in [-0.25, -0.2) is 4.98 Å². The number of nitrogens with zero attached hydrogens (tertiary/aromatic N) is 3. The molecule has 0 radical (unpaired) electrons. The SMILES string of the molecule is c1ccc2oc(Nc3ccc(-c4cnn([C@@H]5CCNC5)c4)cn3)cc2c1. The molecule has 2 N–H and O–H groups in total. The van der Waals surface area contributed by atoms with Crippen LogP contribution in [-0.4, -0.2) is 27.9 Å². The Balaban J connectivity index is 1.33. The van der Waals surface area contributed by atoms with Gasteiger partial charge in [0, 0.05) is 41.5 Å². The van der Waals surface area contributed by atoms with Crippen molar-refractivity contribution in [2.24, 2.45) is 0 Å². The molecule has 1 atom stereocenters. The van der Waals surface area contributed by atoms with Crippen molar-refractivity contribution in [2.45, 2.75) is 12.5 Å². The zero-order chi connectivity index (χ0) is 17.3. The summed E-state index contributed by atoms with van der Waals surface area (Å²) in [6, 6.07) is 14.4. The average Bonchev–Trinajstić information content (AvgIpc) is 3.41. The van der Waals surface area contributed by atoms with E-state index < -0.39 is 0 Å². The van der Waals surface area contributed by atoms with Crippen LogP contribution in [0.5, 0.6) is 0 Å². The fraction of sp³-hybridized carbons (Fsp3) is 0.200. The standard InChI is InChI=1S/C20H19N5O/c1-2-4-18-14(3-1)9-20(26-18)24-19-6-5-15(10-22-19)16-11-23-25(13-16)17-7-8-21-12-17/h1-6,9-11,13,17,21H,7-8,12H2,(H,22,24)/t17-/m1/s1. The van der Waals surface area contributed by atoms with E-state index in [-0.39, 0.29) is 0 Å². The summed E-state index contributed by atoms with van der Waals surface area (Å²) >= 11 is 0. The smallest absolute Gasteiger partial charge is 0.199 e. The van der Waals surface area contributed by atoms with Gasteiger partial charge >= 0.3 is 0 Å². The minimum Gasteiger partial charge on any atom is -0.440 e.